The molecule has 0 unspecified atom stereocenters. The van der Waals surface area contributed by atoms with Gasteiger partial charge in [-0.2, -0.15) is 18.4 Å². The highest BCUT2D eigenvalue weighted by molar-refractivity contribution is 7.92. The normalized spacial score (nSPS) is 25.5. The van der Waals surface area contributed by atoms with Crippen molar-refractivity contribution in [1.29, 1.82) is 5.26 Å². The van der Waals surface area contributed by atoms with E-state index in [1.165, 1.54) is 12.1 Å². The number of alkyl halides is 3. The third-order valence-corrected chi connectivity index (χ3v) is 10.4. The SMILES string of the molecule is N#CC1(NC(=O)O[C@H]2C[C@@H](S(=O)(=O)c3ccc(N4CCOCC4)cc3Cl)CN2C(=O)C2(C(F)(F)F)CC2)CC1. The number of nitriles is 1. The van der Waals surface area contributed by atoms with E-state index in [0.29, 0.717) is 49.7 Å². The number of carbonyl (C=O) groups is 2. The minimum atomic E-state index is -4.84. The van der Waals surface area contributed by atoms with Gasteiger partial charge in [0, 0.05) is 31.7 Å². The second kappa shape index (κ2) is 9.71. The van der Waals surface area contributed by atoms with Crippen LogP contribution < -0.4 is 10.2 Å². The van der Waals surface area contributed by atoms with Crippen molar-refractivity contribution in [2.75, 3.05) is 37.7 Å². The average molecular weight is 591 g/mol. The van der Waals surface area contributed by atoms with E-state index in [4.69, 9.17) is 21.1 Å². The maximum absolute atomic E-state index is 13.8. The fraction of sp³-hybridized carbons (Fsp3) is 0.625. The number of alkyl carbamates (subject to hydrolysis) is 1. The van der Waals surface area contributed by atoms with Crippen LogP contribution in [-0.4, -0.2) is 81.4 Å². The zero-order valence-corrected chi connectivity index (χ0v) is 22.2. The highest BCUT2D eigenvalue weighted by atomic mass is 35.5. The Kier molecular flexibility index (Phi) is 6.92. The van der Waals surface area contributed by atoms with Crippen LogP contribution in [0.3, 0.4) is 0 Å². The van der Waals surface area contributed by atoms with Crippen molar-refractivity contribution < 1.29 is 40.7 Å². The molecule has 0 radical (unpaired) electrons. The van der Waals surface area contributed by atoms with E-state index in [1.54, 1.807) is 6.07 Å². The average Bonchev–Trinajstić information content (AvgIpc) is 3.81. The summed E-state index contributed by atoms with van der Waals surface area (Å²) < 4.78 is 79.1. The van der Waals surface area contributed by atoms with Crippen molar-refractivity contribution in [3.8, 4) is 6.07 Å². The first-order valence-corrected chi connectivity index (χ1v) is 14.4. The zero-order valence-electron chi connectivity index (χ0n) is 20.7. The molecule has 0 aromatic heterocycles. The Hall–Kier alpha value is -2.76. The van der Waals surface area contributed by atoms with Crippen molar-refractivity contribution in [3.05, 3.63) is 23.2 Å². The van der Waals surface area contributed by atoms with Gasteiger partial charge >= 0.3 is 12.3 Å². The number of carbonyl (C=O) groups excluding carboxylic acids is 2. The standard InChI is InChI=1S/C24H26ClF3N4O6S/c25-17-11-15(31-7-9-37-10-8-31)1-2-18(17)39(35,36)16-12-19(38-21(34)30-22(14-29)3-4-22)32(13-16)20(33)23(5-6-23)24(26,27)28/h1-2,11,16,19H,3-10,12-13H2,(H,30,34)/t16-,19+/m1/s1. The number of benzene rings is 1. The van der Waals surface area contributed by atoms with Crippen LogP contribution in [0.1, 0.15) is 32.1 Å². The van der Waals surface area contributed by atoms with Crippen LogP contribution in [-0.2, 0) is 24.1 Å². The van der Waals surface area contributed by atoms with Crippen LogP contribution in [0.4, 0.5) is 23.7 Å². The lowest BCUT2D eigenvalue weighted by molar-refractivity contribution is -0.201. The van der Waals surface area contributed by atoms with Crippen LogP contribution >= 0.6 is 11.6 Å². The quantitative estimate of drug-likeness (QED) is 0.535. The maximum atomic E-state index is 13.8. The summed E-state index contributed by atoms with van der Waals surface area (Å²) in [5, 5.41) is 10.1. The summed E-state index contributed by atoms with van der Waals surface area (Å²) in [5.74, 6) is -1.33. The summed E-state index contributed by atoms with van der Waals surface area (Å²) in [7, 11) is -4.25. The van der Waals surface area contributed by atoms with Crippen LogP contribution in [0.2, 0.25) is 5.02 Å². The van der Waals surface area contributed by atoms with Gasteiger partial charge in [0.1, 0.15) is 11.0 Å². The molecule has 2 aliphatic carbocycles. The van der Waals surface area contributed by atoms with Crippen molar-refractivity contribution in [2.45, 2.75) is 60.2 Å². The van der Waals surface area contributed by atoms with Gasteiger partial charge in [-0.3, -0.25) is 4.79 Å². The molecule has 4 fully saturated rings. The summed E-state index contributed by atoms with van der Waals surface area (Å²) in [4.78, 5) is 28.0. The Labute approximate surface area is 227 Å². The molecular weight excluding hydrogens is 565 g/mol. The summed E-state index contributed by atoms with van der Waals surface area (Å²) in [6, 6.07) is 6.34. The first-order chi connectivity index (χ1) is 18.3. The van der Waals surface area contributed by atoms with Gasteiger partial charge in [0.25, 0.3) is 0 Å². The van der Waals surface area contributed by atoms with Crippen molar-refractivity contribution in [1.82, 2.24) is 10.2 Å². The second-order valence-corrected chi connectivity index (χ2v) is 12.9. The fourth-order valence-electron chi connectivity index (χ4n) is 4.99. The van der Waals surface area contributed by atoms with Crippen LogP contribution in [0.5, 0.6) is 0 Å². The number of sulfone groups is 1. The number of anilines is 1. The summed E-state index contributed by atoms with van der Waals surface area (Å²) in [5.41, 5.74) is -3.07. The molecule has 1 aromatic carbocycles. The number of nitrogens with one attached hydrogen (secondary N) is 1. The molecule has 2 amide bonds. The molecule has 1 N–H and O–H groups in total. The van der Waals surface area contributed by atoms with Gasteiger partial charge in [-0.05, 0) is 43.9 Å². The Morgan fingerprint density at radius 1 is 1.18 bits per heavy atom. The molecule has 0 bridgehead atoms. The Balaban J connectivity index is 1.39. The molecule has 0 spiro atoms. The summed E-state index contributed by atoms with van der Waals surface area (Å²) in [6.07, 6.45) is -8.10. The van der Waals surface area contributed by atoms with Gasteiger partial charge in [-0.15, -0.1) is 0 Å². The molecular formula is C24H26ClF3N4O6S. The van der Waals surface area contributed by atoms with E-state index >= 15 is 0 Å². The predicted octanol–water partition coefficient (Wildman–Crippen LogP) is 3.00. The lowest BCUT2D eigenvalue weighted by Crippen LogP contribution is -2.49. The van der Waals surface area contributed by atoms with E-state index in [9.17, 15) is 36.4 Å². The smallest absolute Gasteiger partial charge is 0.410 e. The van der Waals surface area contributed by atoms with Gasteiger partial charge in [-0.25, -0.2) is 13.2 Å². The molecule has 2 heterocycles. The molecule has 2 saturated carbocycles. The molecule has 2 aliphatic heterocycles. The van der Waals surface area contributed by atoms with E-state index in [-0.39, 0.29) is 9.92 Å². The number of hydrogen-bond donors (Lipinski definition) is 1. The first kappa shape index (κ1) is 27.8. The highest BCUT2D eigenvalue weighted by Gasteiger charge is 2.70. The van der Waals surface area contributed by atoms with E-state index in [2.05, 4.69) is 5.32 Å². The van der Waals surface area contributed by atoms with Crippen LogP contribution in [0, 0.1) is 16.7 Å². The highest BCUT2D eigenvalue weighted by Crippen LogP contribution is 2.59. The zero-order chi connectivity index (χ0) is 28.2. The van der Waals surface area contributed by atoms with Gasteiger partial charge in [0.05, 0.1) is 34.5 Å². The Morgan fingerprint density at radius 2 is 1.85 bits per heavy atom. The van der Waals surface area contributed by atoms with E-state index < -0.39 is 76.3 Å². The molecule has 2 saturated heterocycles. The van der Waals surface area contributed by atoms with E-state index in [1.807, 2.05) is 11.0 Å². The van der Waals surface area contributed by atoms with Crippen molar-refractivity contribution in [2.24, 2.45) is 5.41 Å². The molecule has 10 nitrogen and oxygen atoms in total. The largest absolute Gasteiger partial charge is 0.425 e. The Morgan fingerprint density at radius 3 is 2.38 bits per heavy atom. The van der Waals surface area contributed by atoms with Gasteiger partial charge in [0.15, 0.2) is 16.1 Å². The number of ether oxygens (including phenoxy) is 2. The van der Waals surface area contributed by atoms with Crippen molar-refractivity contribution >= 4 is 39.1 Å². The molecule has 5 rings (SSSR count). The molecule has 39 heavy (non-hydrogen) atoms. The number of halogens is 4. The number of hydrogen-bond acceptors (Lipinski definition) is 8. The van der Waals surface area contributed by atoms with Crippen LogP contribution in [0.25, 0.3) is 0 Å². The number of rotatable bonds is 6. The second-order valence-electron chi connectivity index (χ2n) is 10.3. The number of morpholine rings is 1. The molecule has 4 aliphatic rings. The fourth-order valence-corrected chi connectivity index (χ4v) is 7.21. The molecule has 212 valence electrons. The maximum Gasteiger partial charge on any atom is 0.410 e. The Bertz CT molecular complexity index is 1320. The van der Waals surface area contributed by atoms with Gasteiger partial charge in [-0.1, -0.05) is 11.6 Å². The lowest BCUT2D eigenvalue weighted by atomic mass is 10.1. The number of amides is 2. The topological polar surface area (TPSA) is 129 Å². The lowest BCUT2D eigenvalue weighted by Gasteiger charge is -2.29. The van der Waals surface area contributed by atoms with Gasteiger partial charge in [0.2, 0.25) is 5.91 Å². The number of likely N-dealkylation sites (tertiary alicyclic amines) is 1. The third kappa shape index (κ3) is 5.12. The third-order valence-electron chi connectivity index (χ3n) is 7.76. The minimum Gasteiger partial charge on any atom is -0.425 e. The summed E-state index contributed by atoms with van der Waals surface area (Å²) >= 11 is 6.38. The molecule has 15 heteroatoms. The minimum absolute atomic E-state index is 0.0716. The van der Waals surface area contributed by atoms with E-state index in [0.717, 1.165) is 0 Å². The first-order valence-electron chi connectivity index (χ1n) is 12.5. The van der Waals surface area contributed by atoms with Crippen LogP contribution in [0.15, 0.2) is 23.1 Å². The molecule has 1 aromatic rings. The number of nitrogens with zero attached hydrogens (tertiary/aromatic N) is 3. The van der Waals surface area contributed by atoms with Crippen molar-refractivity contribution in [3.63, 3.8) is 0 Å². The summed E-state index contributed by atoms with van der Waals surface area (Å²) in [6.45, 7) is 1.59. The van der Waals surface area contributed by atoms with Gasteiger partial charge < -0.3 is 24.6 Å². The monoisotopic (exact) mass is 590 g/mol. The predicted molar refractivity (Wildman–Crippen MR) is 130 cm³/mol. The molecule has 2 atom stereocenters.